The molecule has 6 nitrogen and oxygen atoms in total. The van der Waals surface area contributed by atoms with Crippen molar-refractivity contribution in [1.82, 2.24) is 14.8 Å². The minimum atomic E-state index is -1.09. The van der Waals surface area contributed by atoms with Gasteiger partial charge in [0.1, 0.15) is 16.8 Å². The molecule has 0 spiro atoms. The molecule has 0 aromatic carbocycles. The Morgan fingerprint density at radius 3 is 2.80 bits per heavy atom. The fourth-order valence-corrected chi connectivity index (χ4v) is 2.29. The number of halogens is 1. The topological polar surface area (TPSA) is 84.0 Å². The number of rotatable bonds is 2. The van der Waals surface area contributed by atoms with Crippen molar-refractivity contribution in [3.8, 4) is 11.9 Å². The van der Waals surface area contributed by atoms with Gasteiger partial charge < -0.3 is 9.84 Å². The van der Waals surface area contributed by atoms with Crippen LogP contribution in [-0.2, 0) is 10.3 Å². The van der Waals surface area contributed by atoms with Crippen LogP contribution in [0.5, 0.6) is 0 Å². The average Bonchev–Trinajstić information content (AvgIpc) is 2.77. The van der Waals surface area contributed by atoms with Crippen molar-refractivity contribution in [2.45, 2.75) is 12.5 Å². The number of nitriles is 1. The smallest absolute Gasteiger partial charge is 0.163 e. The lowest BCUT2D eigenvalue weighted by molar-refractivity contribution is -0.184. The fourth-order valence-electron chi connectivity index (χ4n) is 2.14. The maximum atomic E-state index is 10.5. The lowest BCUT2D eigenvalue weighted by Crippen LogP contribution is -2.47. The molecule has 7 heteroatoms. The van der Waals surface area contributed by atoms with Gasteiger partial charge in [0.15, 0.2) is 11.5 Å². The summed E-state index contributed by atoms with van der Waals surface area (Å²) in [6.07, 6.45) is 0. The number of pyridine rings is 1. The summed E-state index contributed by atoms with van der Waals surface area (Å²) in [6, 6.07) is 6.95. The van der Waals surface area contributed by atoms with E-state index in [2.05, 4.69) is 10.1 Å². The van der Waals surface area contributed by atoms with Gasteiger partial charge in [0, 0.05) is 11.3 Å². The summed E-state index contributed by atoms with van der Waals surface area (Å²) < 4.78 is 6.59. The predicted octanol–water partition coefficient (Wildman–Crippen LogP) is 1.32. The molecule has 0 radical (unpaired) electrons. The maximum absolute atomic E-state index is 10.5. The van der Waals surface area contributed by atoms with Crippen LogP contribution >= 0.6 is 11.6 Å². The van der Waals surface area contributed by atoms with Crippen molar-refractivity contribution < 1.29 is 9.84 Å². The molecule has 1 fully saturated rings. The Morgan fingerprint density at radius 1 is 1.50 bits per heavy atom. The van der Waals surface area contributed by atoms with Crippen LogP contribution in [0.4, 0.5) is 0 Å². The van der Waals surface area contributed by atoms with Crippen LogP contribution in [0.3, 0.4) is 0 Å². The Kier molecular flexibility index (Phi) is 2.98. The number of hydrogen-bond donors (Lipinski definition) is 1. The third-order valence-corrected chi connectivity index (χ3v) is 3.44. The molecule has 0 aliphatic carbocycles. The highest BCUT2D eigenvalue weighted by molar-refractivity contribution is 6.29. The number of aliphatic hydroxyl groups is 1. The van der Waals surface area contributed by atoms with Crippen LogP contribution in [0.15, 0.2) is 18.2 Å². The highest BCUT2D eigenvalue weighted by atomic mass is 35.5. The lowest BCUT2D eigenvalue weighted by Gasteiger charge is -2.37. The zero-order chi connectivity index (χ0) is 14.3. The van der Waals surface area contributed by atoms with Gasteiger partial charge in [-0.1, -0.05) is 11.6 Å². The third-order valence-electron chi connectivity index (χ3n) is 3.23. The summed E-state index contributed by atoms with van der Waals surface area (Å²) in [5, 5.41) is 23.8. The Bertz CT molecular complexity index is 716. The van der Waals surface area contributed by atoms with E-state index in [4.69, 9.17) is 21.6 Å². The summed E-state index contributed by atoms with van der Waals surface area (Å²) in [5.74, 6) is 0.419. The van der Waals surface area contributed by atoms with Gasteiger partial charge >= 0.3 is 0 Å². The van der Waals surface area contributed by atoms with E-state index in [1.807, 2.05) is 13.0 Å². The first-order chi connectivity index (χ1) is 9.53. The monoisotopic (exact) mass is 290 g/mol. The minimum absolute atomic E-state index is 0.203. The number of aromatic nitrogens is 3. The molecule has 3 heterocycles. The van der Waals surface area contributed by atoms with E-state index >= 15 is 0 Å². The van der Waals surface area contributed by atoms with Gasteiger partial charge in [-0.3, -0.25) is 0 Å². The molecule has 1 aliphatic rings. The highest BCUT2D eigenvalue weighted by Gasteiger charge is 2.41. The van der Waals surface area contributed by atoms with Gasteiger partial charge in [0.2, 0.25) is 0 Å². The van der Waals surface area contributed by atoms with Gasteiger partial charge in [0.05, 0.1) is 13.2 Å². The van der Waals surface area contributed by atoms with Crippen molar-refractivity contribution in [3.63, 3.8) is 0 Å². The molecule has 0 atom stereocenters. The molecule has 1 aliphatic heterocycles. The molecule has 2 aromatic heterocycles. The summed E-state index contributed by atoms with van der Waals surface area (Å²) in [6.45, 7) is 2.21. The lowest BCUT2D eigenvalue weighted by atomic mass is 9.92. The first-order valence-corrected chi connectivity index (χ1v) is 6.35. The van der Waals surface area contributed by atoms with Crippen molar-refractivity contribution in [3.05, 3.63) is 40.3 Å². The molecule has 0 amide bonds. The van der Waals surface area contributed by atoms with E-state index in [0.717, 1.165) is 5.69 Å². The second kappa shape index (κ2) is 4.56. The fraction of sp³-hybridized carbons (Fsp3) is 0.308. The van der Waals surface area contributed by atoms with Crippen molar-refractivity contribution in [1.29, 1.82) is 5.26 Å². The summed E-state index contributed by atoms with van der Waals surface area (Å²) >= 11 is 5.94. The van der Waals surface area contributed by atoms with E-state index in [0.29, 0.717) is 16.5 Å². The van der Waals surface area contributed by atoms with Gasteiger partial charge in [-0.2, -0.15) is 10.4 Å². The van der Waals surface area contributed by atoms with Gasteiger partial charge in [-0.25, -0.2) is 9.67 Å². The van der Waals surface area contributed by atoms with E-state index in [9.17, 15) is 5.11 Å². The number of hydrogen-bond acceptors (Lipinski definition) is 5. The molecule has 2 aromatic rings. The van der Waals surface area contributed by atoms with Crippen LogP contribution in [0, 0.1) is 18.3 Å². The number of aryl methyl sites for hydroxylation is 1. The molecule has 0 saturated carbocycles. The van der Waals surface area contributed by atoms with Gasteiger partial charge in [-0.05, 0) is 25.1 Å². The molecule has 1 N–H and O–H groups in total. The quantitative estimate of drug-likeness (QED) is 0.843. The summed E-state index contributed by atoms with van der Waals surface area (Å²) in [4.78, 5) is 4.24. The Balaban J connectivity index is 2.19. The summed E-state index contributed by atoms with van der Waals surface area (Å²) in [7, 11) is 0. The molecule has 0 unspecified atom stereocenters. The van der Waals surface area contributed by atoms with Crippen molar-refractivity contribution in [2.24, 2.45) is 0 Å². The van der Waals surface area contributed by atoms with Crippen LogP contribution in [0.2, 0.25) is 5.15 Å². The van der Waals surface area contributed by atoms with Crippen LogP contribution in [0.1, 0.15) is 17.0 Å². The van der Waals surface area contributed by atoms with Gasteiger partial charge in [0.25, 0.3) is 0 Å². The van der Waals surface area contributed by atoms with E-state index in [1.165, 1.54) is 4.68 Å². The van der Waals surface area contributed by atoms with E-state index in [1.54, 1.807) is 18.2 Å². The zero-order valence-electron chi connectivity index (χ0n) is 10.7. The Morgan fingerprint density at radius 2 is 2.25 bits per heavy atom. The Hall–Kier alpha value is -1.94. The standard InChI is InChI=1S/C13H11ClN4O2/c1-8-4-9(5-15)17-18(8)12-10(2-3-11(14)16-12)13(19)6-20-7-13/h2-4,19H,6-7H2,1H3. The highest BCUT2D eigenvalue weighted by Crippen LogP contribution is 2.33. The molecule has 102 valence electrons. The van der Waals surface area contributed by atoms with Gasteiger partial charge in [-0.15, -0.1) is 0 Å². The molecule has 1 saturated heterocycles. The van der Waals surface area contributed by atoms with E-state index < -0.39 is 5.60 Å². The molecule has 3 rings (SSSR count). The third kappa shape index (κ3) is 1.96. The van der Waals surface area contributed by atoms with Crippen molar-refractivity contribution >= 4 is 11.6 Å². The number of nitrogens with zero attached hydrogens (tertiary/aromatic N) is 4. The molecular weight excluding hydrogens is 280 g/mol. The summed E-state index contributed by atoms with van der Waals surface area (Å²) in [5.41, 5.74) is 0.523. The first-order valence-electron chi connectivity index (χ1n) is 5.98. The second-order valence-corrected chi connectivity index (χ2v) is 5.11. The van der Waals surface area contributed by atoms with Crippen LogP contribution in [-0.4, -0.2) is 33.1 Å². The van der Waals surface area contributed by atoms with Crippen LogP contribution < -0.4 is 0 Å². The first kappa shape index (κ1) is 13.1. The van der Waals surface area contributed by atoms with Crippen LogP contribution in [0.25, 0.3) is 5.82 Å². The normalized spacial score (nSPS) is 16.5. The largest absolute Gasteiger partial charge is 0.380 e. The maximum Gasteiger partial charge on any atom is 0.163 e. The molecular formula is C13H11ClN4O2. The Labute approximate surface area is 120 Å². The molecule has 20 heavy (non-hydrogen) atoms. The predicted molar refractivity (Wildman–Crippen MR) is 70.5 cm³/mol. The minimum Gasteiger partial charge on any atom is -0.380 e. The number of ether oxygens (including phenoxy) is 1. The second-order valence-electron chi connectivity index (χ2n) is 4.72. The van der Waals surface area contributed by atoms with E-state index in [-0.39, 0.29) is 18.9 Å². The zero-order valence-corrected chi connectivity index (χ0v) is 11.4. The SMILES string of the molecule is Cc1cc(C#N)nn1-c1nc(Cl)ccc1C1(O)COC1. The average molecular weight is 291 g/mol. The molecule has 0 bridgehead atoms. The van der Waals surface area contributed by atoms with Crippen molar-refractivity contribution in [2.75, 3.05) is 13.2 Å².